The highest BCUT2D eigenvalue weighted by Crippen LogP contribution is 2.42. The summed E-state index contributed by atoms with van der Waals surface area (Å²) in [7, 11) is 0. The number of nitriles is 1. The van der Waals surface area contributed by atoms with Gasteiger partial charge in [0.15, 0.2) is 0 Å². The van der Waals surface area contributed by atoms with E-state index in [-0.39, 0.29) is 0 Å². The van der Waals surface area contributed by atoms with E-state index in [4.69, 9.17) is 10.00 Å². The Bertz CT molecular complexity index is 504. The Morgan fingerprint density at radius 3 is 2.86 bits per heavy atom. The smallest absolute Gasteiger partial charge is 0.121 e. The van der Waals surface area contributed by atoms with Crippen LogP contribution in [0.3, 0.4) is 0 Å². The summed E-state index contributed by atoms with van der Waals surface area (Å²) in [5, 5.41) is 12.2. The van der Waals surface area contributed by atoms with Gasteiger partial charge in [-0.2, -0.15) is 5.26 Å². The SMILES string of the molecule is CC1CC(C)(C)CC1Nc1cccc(OCCCC#N)c1. The Morgan fingerprint density at radius 1 is 1.38 bits per heavy atom. The Morgan fingerprint density at radius 2 is 2.19 bits per heavy atom. The molecule has 0 aromatic heterocycles. The first-order valence-electron chi connectivity index (χ1n) is 7.86. The molecule has 1 aromatic rings. The molecular weight excluding hydrogens is 260 g/mol. The van der Waals surface area contributed by atoms with Crippen molar-refractivity contribution < 1.29 is 4.74 Å². The number of ether oxygens (including phenoxy) is 1. The molecule has 2 rings (SSSR count). The molecule has 21 heavy (non-hydrogen) atoms. The highest BCUT2D eigenvalue weighted by Gasteiger charge is 2.36. The maximum absolute atomic E-state index is 8.52. The molecule has 1 N–H and O–H groups in total. The standard InChI is InChI=1S/C18H26N2O/c1-14-12-18(2,3)13-17(14)20-15-7-6-8-16(11-15)21-10-5-4-9-19/h6-8,11,14,17,20H,4-5,10,12-13H2,1-3H3. The van der Waals surface area contributed by atoms with E-state index in [0.29, 0.717) is 30.4 Å². The van der Waals surface area contributed by atoms with E-state index >= 15 is 0 Å². The second-order valence-corrected chi connectivity index (χ2v) is 6.94. The van der Waals surface area contributed by atoms with Gasteiger partial charge in [-0.3, -0.25) is 0 Å². The third kappa shape index (κ3) is 4.67. The number of hydrogen-bond acceptors (Lipinski definition) is 3. The number of anilines is 1. The van der Waals surface area contributed by atoms with Crippen molar-refractivity contribution in [3.8, 4) is 11.8 Å². The van der Waals surface area contributed by atoms with E-state index in [2.05, 4.69) is 44.3 Å². The molecule has 0 bridgehead atoms. The molecule has 3 heteroatoms. The summed E-state index contributed by atoms with van der Waals surface area (Å²) in [6, 6.07) is 10.8. The number of hydrogen-bond donors (Lipinski definition) is 1. The van der Waals surface area contributed by atoms with Gasteiger partial charge >= 0.3 is 0 Å². The van der Waals surface area contributed by atoms with Crippen LogP contribution in [0.5, 0.6) is 5.75 Å². The van der Waals surface area contributed by atoms with E-state index in [9.17, 15) is 0 Å². The number of nitrogens with zero attached hydrogens (tertiary/aromatic N) is 1. The number of rotatable bonds is 6. The van der Waals surface area contributed by atoms with Gasteiger partial charge in [0.25, 0.3) is 0 Å². The second kappa shape index (κ2) is 6.85. The van der Waals surface area contributed by atoms with Gasteiger partial charge in [-0.05, 0) is 42.7 Å². The van der Waals surface area contributed by atoms with E-state index in [1.807, 2.05) is 12.1 Å². The number of nitrogens with one attached hydrogen (secondary N) is 1. The van der Waals surface area contributed by atoms with Gasteiger partial charge < -0.3 is 10.1 Å². The monoisotopic (exact) mass is 286 g/mol. The average Bonchev–Trinajstić information content (AvgIpc) is 2.68. The van der Waals surface area contributed by atoms with Crippen LogP contribution in [0.15, 0.2) is 24.3 Å². The highest BCUT2D eigenvalue weighted by molar-refractivity contribution is 5.49. The molecule has 1 aliphatic carbocycles. The second-order valence-electron chi connectivity index (χ2n) is 6.94. The van der Waals surface area contributed by atoms with Gasteiger partial charge in [0, 0.05) is 24.2 Å². The summed E-state index contributed by atoms with van der Waals surface area (Å²) < 4.78 is 5.69. The highest BCUT2D eigenvalue weighted by atomic mass is 16.5. The summed E-state index contributed by atoms with van der Waals surface area (Å²) in [6.07, 6.45) is 3.81. The van der Waals surface area contributed by atoms with Gasteiger partial charge in [0.2, 0.25) is 0 Å². The first kappa shape index (κ1) is 15.7. The first-order chi connectivity index (χ1) is 10.00. The third-order valence-corrected chi connectivity index (χ3v) is 4.22. The van der Waals surface area contributed by atoms with Gasteiger partial charge in [-0.15, -0.1) is 0 Å². The lowest BCUT2D eigenvalue weighted by molar-refractivity contribution is 0.313. The van der Waals surface area contributed by atoms with E-state index in [0.717, 1.165) is 17.9 Å². The maximum atomic E-state index is 8.52. The Kier molecular flexibility index (Phi) is 5.12. The largest absolute Gasteiger partial charge is 0.493 e. The number of benzene rings is 1. The third-order valence-electron chi connectivity index (χ3n) is 4.22. The fourth-order valence-electron chi connectivity index (χ4n) is 3.32. The van der Waals surface area contributed by atoms with Crippen molar-refractivity contribution in [2.24, 2.45) is 11.3 Å². The van der Waals surface area contributed by atoms with Crippen molar-refractivity contribution >= 4 is 5.69 Å². The Labute approximate surface area is 128 Å². The van der Waals surface area contributed by atoms with Crippen molar-refractivity contribution in [3.05, 3.63) is 24.3 Å². The minimum absolute atomic E-state index is 0.433. The van der Waals surface area contributed by atoms with Crippen molar-refractivity contribution in [1.29, 1.82) is 5.26 Å². The van der Waals surface area contributed by atoms with Crippen LogP contribution in [0, 0.1) is 22.7 Å². The zero-order valence-corrected chi connectivity index (χ0v) is 13.4. The topological polar surface area (TPSA) is 45.0 Å². The summed E-state index contributed by atoms with van der Waals surface area (Å²) in [4.78, 5) is 0. The molecule has 1 fully saturated rings. The Balaban J connectivity index is 1.91. The molecule has 0 saturated heterocycles. The molecule has 1 saturated carbocycles. The van der Waals surface area contributed by atoms with Crippen LogP contribution < -0.4 is 10.1 Å². The molecule has 2 unspecified atom stereocenters. The minimum atomic E-state index is 0.433. The van der Waals surface area contributed by atoms with Crippen molar-refractivity contribution in [1.82, 2.24) is 0 Å². The van der Waals surface area contributed by atoms with E-state index in [1.165, 1.54) is 12.8 Å². The van der Waals surface area contributed by atoms with Gasteiger partial charge in [0.05, 0.1) is 12.7 Å². The van der Waals surface area contributed by atoms with Crippen molar-refractivity contribution in [2.45, 2.75) is 52.5 Å². The van der Waals surface area contributed by atoms with Gasteiger partial charge in [0.1, 0.15) is 5.75 Å². The minimum Gasteiger partial charge on any atom is -0.493 e. The number of unbranched alkanes of at least 4 members (excludes halogenated alkanes) is 1. The van der Waals surface area contributed by atoms with Crippen LogP contribution >= 0.6 is 0 Å². The van der Waals surface area contributed by atoms with Gasteiger partial charge in [-0.25, -0.2) is 0 Å². The summed E-state index contributed by atoms with van der Waals surface area (Å²) in [5.41, 5.74) is 1.56. The molecule has 2 atom stereocenters. The van der Waals surface area contributed by atoms with Crippen LogP contribution in [0.4, 0.5) is 5.69 Å². The lowest BCUT2D eigenvalue weighted by atomic mass is 9.91. The summed E-state index contributed by atoms with van der Waals surface area (Å²) in [5.74, 6) is 1.57. The molecule has 1 aromatic carbocycles. The predicted molar refractivity (Wildman–Crippen MR) is 86.4 cm³/mol. The fraction of sp³-hybridized carbons (Fsp3) is 0.611. The normalized spacial score (nSPS) is 23.5. The van der Waals surface area contributed by atoms with E-state index in [1.54, 1.807) is 0 Å². The molecule has 0 spiro atoms. The molecule has 0 aliphatic heterocycles. The van der Waals surface area contributed by atoms with Crippen molar-refractivity contribution in [3.63, 3.8) is 0 Å². The first-order valence-corrected chi connectivity index (χ1v) is 7.86. The molecule has 0 heterocycles. The van der Waals surface area contributed by atoms with Crippen molar-refractivity contribution in [2.75, 3.05) is 11.9 Å². The molecule has 0 amide bonds. The zero-order valence-electron chi connectivity index (χ0n) is 13.4. The molecular formula is C18H26N2O. The molecule has 0 radical (unpaired) electrons. The average molecular weight is 286 g/mol. The summed E-state index contributed by atoms with van der Waals surface area (Å²) >= 11 is 0. The molecule has 114 valence electrons. The zero-order chi connectivity index (χ0) is 15.3. The van der Waals surface area contributed by atoms with Crippen LogP contribution in [0.25, 0.3) is 0 Å². The van der Waals surface area contributed by atoms with Crippen LogP contribution in [0.2, 0.25) is 0 Å². The quantitative estimate of drug-likeness (QED) is 0.777. The van der Waals surface area contributed by atoms with Crippen LogP contribution in [-0.2, 0) is 0 Å². The maximum Gasteiger partial charge on any atom is 0.121 e. The lowest BCUT2D eigenvalue weighted by Crippen LogP contribution is -2.22. The molecule has 1 aliphatic rings. The predicted octanol–water partition coefficient (Wildman–Crippen LogP) is 4.61. The lowest BCUT2D eigenvalue weighted by Gasteiger charge is -2.20. The Hall–Kier alpha value is -1.69. The van der Waals surface area contributed by atoms with Crippen LogP contribution in [0.1, 0.15) is 46.5 Å². The van der Waals surface area contributed by atoms with E-state index < -0.39 is 0 Å². The molecule has 3 nitrogen and oxygen atoms in total. The summed E-state index contributed by atoms with van der Waals surface area (Å²) in [6.45, 7) is 7.62. The van der Waals surface area contributed by atoms with Gasteiger partial charge in [-0.1, -0.05) is 26.8 Å². The van der Waals surface area contributed by atoms with Crippen LogP contribution in [-0.4, -0.2) is 12.6 Å². The fourth-order valence-corrected chi connectivity index (χ4v) is 3.32.